The van der Waals surface area contributed by atoms with Crippen LogP contribution in [0.2, 0.25) is 0 Å². The molecule has 1 saturated carbocycles. The van der Waals surface area contributed by atoms with Crippen LogP contribution in [0, 0.1) is 12.8 Å². The number of carbonyl (C=O) groups excluding carboxylic acids is 2. The van der Waals surface area contributed by atoms with E-state index in [4.69, 9.17) is 0 Å². The number of anilines is 1. The molecule has 2 aromatic carbocycles. The standard InChI is InChI=1S/C24H28N2O2/c1-17-5-4-8-21(13-17)24(28)26-12-11-20-10-9-19(14-22(20)26)16-25-23(27)15-18-6-2-3-7-18/h4-5,8-10,13-14,18H,2-3,6-7,11-12,15-16H2,1H3,(H,25,27). The molecule has 2 aliphatic rings. The summed E-state index contributed by atoms with van der Waals surface area (Å²) in [4.78, 5) is 27.1. The lowest BCUT2D eigenvalue weighted by atomic mass is 10.0. The van der Waals surface area contributed by atoms with Crippen molar-refractivity contribution in [1.29, 1.82) is 0 Å². The molecule has 28 heavy (non-hydrogen) atoms. The summed E-state index contributed by atoms with van der Waals surface area (Å²) in [5, 5.41) is 3.06. The number of hydrogen-bond donors (Lipinski definition) is 1. The van der Waals surface area contributed by atoms with Crippen LogP contribution in [0.4, 0.5) is 5.69 Å². The average molecular weight is 377 g/mol. The van der Waals surface area contributed by atoms with E-state index in [1.165, 1.54) is 31.2 Å². The third-order valence-electron chi connectivity index (χ3n) is 5.99. The van der Waals surface area contributed by atoms with Crippen molar-refractivity contribution < 1.29 is 9.59 Å². The van der Waals surface area contributed by atoms with Gasteiger partial charge >= 0.3 is 0 Å². The van der Waals surface area contributed by atoms with Gasteiger partial charge in [0.25, 0.3) is 5.91 Å². The van der Waals surface area contributed by atoms with Crippen LogP contribution in [0.5, 0.6) is 0 Å². The molecule has 0 radical (unpaired) electrons. The first-order valence-electron chi connectivity index (χ1n) is 10.4. The number of benzene rings is 2. The zero-order valence-electron chi connectivity index (χ0n) is 16.5. The number of aryl methyl sites for hydroxylation is 1. The highest BCUT2D eigenvalue weighted by Gasteiger charge is 2.26. The fourth-order valence-corrected chi connectivity index (χ4v) is 4.43. The molecule has 4 heteroatoms. The van der Waals surface area contributed by atoms with Crippen LogP contribution in [0.3, 0.4) is 0 Å². The third kappa shape index (κ3) is 4.11. The molecule has 4 nitrogen and oxygen atoms in total. The summed E-state index contributed by atoms with van der Waals surface area (Å²) in [5.74, 6) is 0.743. The Labute approximate surface area is 166 Å². The quantitative estimate of drug-likeness (QED) is 0.841. The number of nitrogens with one attached hydrogen (secondary N) is 1. The molecule has 1 aliphatic heterocycles. The molecule has 1 heterocycles. The fourth-order valence-electron chi connectivity index (χ4n) is 4.43. The molecule has 146 valence electrons. The Balaban J connectivity index is 1.43. The molecule has 0 unspecified atom stereocenters. The van der Waals surface area contributed by atoms with Crippen molar-refractivity contribution in [2.24, 2.45) is 5.92 Å². The summed E-state index contributed by atoms with van der Waals surface area (Å²) in [5.41, 5.74) is 5.03. The number of rotatable bonds is 5. The summed E-state index contributed by atoms with van der Waals surface area (Å²) in [6.07, 6.45) is 6.40. The highest BCUT2D eigenvalue weighted by molar-refractivity contribution is 6.07. The summed E-state index contributed by atoms with van der Waals surface area (Å²) in [6.45, 7) is 3.23. The van der Waals surface area contributed by atoms with E-state index >= 15 is 0 Å². The second-order valence-corrected chi connectivity index (χ2v) is 8.17. The molecule has 1 N–H and O–H groups in total. The van der Waals surface area contributed by atoms with Crippen molar-refractivity contribution in [3.63, 3.8) is 0 Å². The van der Waals surface area contributed by atoms with E-state index in [0.717, 1.165) is 28.8 Å². The molecular formula is C24H28N2O2. The summed E-state index contributed by atoms with van der Waals surface area (Å²) in [7, 11) is 0. The first-order valence-corrected chi connectivity index (χ1v) is 10.4. The summed E-state index contributed by atoms with van der Waals surface area (Å²) >= 11 is 0. The molecule has 2 aromatic rings. The lowest BCUT2D eigenvalue weighted by Crippen LogP contribution is -2.29. The van der Waals surface area contributed by atoms with E-state index in [1.54, 1.807) is 0 Å². The van der Waals surface area contributed by atoms with Crippen molar-refractivity contribution in [2.45, 2.75) is 52.0 Å². The topological polar surface area (TPSA) is 49.4 Å². The van der Waals surface area contributed by atoms with Gasteiger partial charge in [0.05, 0.1) is 0 Å². The molecule has 2 amide bonds. The van der Waals surface area contributed by atoms with Crippen molar-refractivity contribution in [1.82, 2.24) is 5.32 Å². The van der Waals surface area contributed by atoms with Gasteiger partial charge in [-0.05, 0) is 61.4 Å². The van der Waals surface area contributed by atoms with Crippen LogP contribution in [0.25, 0.3) is 0 Å². The van der Waals surface area contributed by atoms with Crippen LogP contribution >= 0.6 is 0 Å². The summed E-state index contributed by atoms with van der Waals surface area (Å²) < 4.78 is 0. The van der Waals surface area contributed by atoms with E-state index < -0.39 is 0 Å². The second kappa shape index (κ2) is 8.17. The molecule has 4 rings (SSSR count). The van der Waals surface area contributed by atoms with Crippen LogP contribution < -0.4 is 10.2 Å². The minimum atomic E-state index is 0.0462. The molecule has 1 aliphatic carbocycles. The second-order valence-electron chi connectivity index (χ2n) is 8.17. The van der Waals surface area contributed by atoms with Crippen molar-refractivity contribution in [3.05, 3.63) is 64.7 Å². The Hall–Kier alpha value is -2.62. The first kappa shape index (κ1) is 18.7. The van der Waals surface area contributed by atoms with Crippen LogP contribution in [0.1, 0.15) is 59.2 Å². The molecule has 0 bridgehead atoms. The average Bonchev–Trinajstić information content (AvgIpc) is 3.35. The van der Waals surface area contributed by atoms with Gasteiger partial charge in [0.1, 0.15) is 0 Å². The Morgan fingerprint density at radius 2 is 1.93 bits per heavy atom. The molecule has 0 spiro atoms. The maximum absolute atomic E-state index is 13.0. The smallest absolute Gasteiger partial charge is 0.258 e. The van der Waals surface area contributed by atoms with E-state index in [1.807, 2.05) is 36.1 Å². The van der Waals surface area contributed by atoms with E-state index in [9.17, 15) is 9.59 Å². The van der Waals surface area contributed by atoms with Gasteiger partial charge in [-0.15, -0.1) is 0 Å². The zero-order chi connectivity index (χ0) is 19.5. The van der Waals surface area contributed by atoms with Gasteiger partial charge in [-0.3, -0.25) is 9.59 Å². The maximum atomic E-state index is 13.0. The molecule has 0 saturated heterocycles. The molecule has 0 aromatic heterocycles. The van der Waals surface area contributed by atoms with Gasteiger partial charge in [0, 0.05) is 30.8 Å². The number of nitrogens with zero attached hydrogens (tertiary/aromatic N) is 1. The van der Waals surface area contributed by atoms with Crippen LogP contribution in [0.15, 0.2) is 42.5 Å². The highest BCUT2D eigenvalue weighted by Crippen LogP contribution is 2.31. The van der Waals surface area contributed by atoms with Crippen molar-refractivity contribution in [2.75, 3.05) is 11.4 Å². The number of amides is 2. The van der Waals surface area contributed by atoms with Gasteiger partial charge in [-0.2, -0.15) is 0 Å². The van der Waals surface area contributed by atoms with Crippen LogP contribution in [-0.4, -0.2) is 18.4 Å². The SMILES string of the molecule is Cc1cccc(C(=O)N2CCc3ccc(CNC(=O)CC4CCCC4)cc32)c1. The van der Waals surface area contributed by atoms with E-state index in [0.29, 0.717) is 25.4 Å². The Morgan fingerprint density at radius 1 is 1.11 bits per heavy atom. The Morgan fingerprint density at radius 3 is 2.71 bits per heavy atom. The maximum Gasteiger partial charge on any atom is 0.258 e. The normalized spacial score (nSPS) is 16.2. The number of hydrogen-bond acceptors (Lipinski definition) is 2. The zero-order valence-corrected chi connectivity index (χ0v) is 16.5. The monoisotopic (exact) mass is 376 g/mol. The predicted octanol–water partition coefficient (Wildman–Crippen LogP) is 4.39. The van der Waals surface area contributed by atoms with E-state index in [2.05, 4.69) is 23.5 Å². The van der Waals surface area contributed by atoms with E-state index in [-0.39, 0.29) is 11.8 Å². The molecular weight excluding hydrogens is 348 g/mol. The predicted molar refractivity (Wildman–Crippen MR) is 111 cm³/mol. The summed E-state index contributed by atoms with van der Waals surface area (Å²) in [6, 6.07) is 14.0. The lowest BCUT2D eigenvalue weighted by Gasteiger charge is -2.18. The third-order valence-corrected chi connectivity index (χ3v) is 5.99. The van der Waals surface area contributed by atoms with Crippen LogP contribution in [-0.2, 0) is 17.8 Å². The fraction of sp³-hybridized carbons (Fsp3) is 0.417. The minimum Gasteiger partial charge on any atom is -0.352 e. The van der Waals surface area contributed by atoms with Gasteiger partial charge in [-0.1, -0.05) is 42.7 Å². The Bertz CT molecular complexity index is 884. The number of carbonyl (C=O) groups is 2. The van der Waals surface area contributed by atoms with Gasteiger partial charge < -0.3 is 10.2 Å². The molecule has 0 atom stereocenters. The largest absolute Gasteiger partial charge is 0.352 e. The molecule has 1 fully saturated rings. The minimum absolute atomic E-state index is 0.0462. The highest BCUT2D eigenvalue weighted by atomic mass is 16.2. The Kier molecular flexibility index (Phi) is 5.47. The van der Waals surface area contributed by atoms with Crippen molar-refractivity contribution in [3.8, 4) is 0 Å². The first-order chi connectivity index (χ1) is 13.6. The van der Waals surface area contributed by atoms with Crippen molar-refractivity contribution >= 4 is 17.5 Å². The number of fused-ring (bicyclic) bond motifs is 1. The lowest BCUT2D eigenvalue weighted by molar-refractivity contribution is -0.122. The van der Waals surface area contributed by atoms with Gasteiger partial charge in [0.15, 0.2) is 0 Å². The van der Waals surface area contributed by atoms with Gasteiger partial charge in [0.2, 0.25) is 5.91 Å². The van der Waals surface area contributed by atoms with Gasteiger partial charge in [-0.25, -0.2) is 0 Å².